The van der Waals surface area contributed by atoms with Gasteiger partial charge in [-0.15, -0.1) is 0 Å². The Morgan fingerprint density at radius 2 is 2.15 bits per heavy atom. The topological polar surface area (TPSA) is 48.4 Å². The minimum Gasteiger partial charge on any atom is -0.464 e. The lowest BCUT2D eigenvalue weighted by Gasteiger charge is -2.01. The number of nitrogens with two attached hydrogens (primary N) is 1. The van der Waals surface area contributed by atoms with E-state index >= 15 is 0 Å². The molecule has 1 unspecified atom stereocenters. The van der Waals surface area contributed by atoms with Crippen LogP contribution < -0.4 is 5.73 Å². The van der Waals surface area contributed by atoms with Gasteiger partial charge in [0, 0.05) is 19.6 Å². The third-order valence-electron chi connectivity index (χ3n) is 1.85. The summed E-state index contributed by atoms with van der Waals surface area (Å²) < 4.78 is 10.4. The van der Waals surface area contributed by atoms with Crippen LogP contribution in [0.15, 0.2) is 16.5 Å². The van der Waals surface area contributed by atoms with Crippen molar-refractivity contribution in [1.29, 1.82) is 0 Å². The second-order valence-corrected chi connectivity index (χ2v) is 3.32. The fourth-order valence-electron chi connectivity index (χ4n) is 1.15. The molecule has 0 fully saturated rings. The molecule has 0 saturated heterocycles. The van der Waals surface area contributed by atoms with Crippen LogP contribution in [0.1, 0.15) is 24.9 Å². The first-order valence-corrected chi connectivity index (χ1v) is 4.54. The maximum absolute atomic E-state index is 5.64. The fraction of sp³-hybridized carbons (Fsp3) is 0.600. The van der Waals surface area contributed by atoms with Crippen LogP contribution in [0.25, 0.3) is 0 Å². The van der Waals surface area contributed by atoms with E-state index in [0.29, 0.717) is 6.61 Å². The lowest BCUT2D eigenvalue weighted by atomic mass is 10.2. The monoisotopic (exact) mass is 183 g/mol. The van der Waals surface area contributed by atoms with Crippen molar-refractivity contribution < 1.29 is 9.15 Å². The van der Waals surface area contributed by atoms with Crippen LogP contribution in [0.3, 0.4) is 0 Å². The number of hydrogen-bond donors (Lipinski definition) is 1. The Balaban J connectivity index is 2.39. The predicted octanol–water partition coefficient (Wildman–Crippen LogP) is 1.71. The molecule has 0 bridgehead atoms. The van der Waals surface area contributed by atoms with Gasteiger partial charge in [-0.05, 0) is 25.5 Å². The molecule has 0 aliphatic carbocycles. The standard InChI is InChI=1S/C10H17NO2/c1-8(11)3-4-9-5-6-10(13-9)7-12-2/h5-6,8H,3-4,7,11H2,1-2H3. The maximum atomic E-state index is 5.64. The molecule has 1 rings (SSSR count). The van der Waals surface area contributed by atoms with Gasteiger partial charge in [0.05, 0.1) is 0 Å². The Kier molecular flexibility index (Phi) is 3.99. The molecule has 2 N–H and O–H groups in total. The van der Waals surface area contributed by atoms with Crippen LogP contribution in [0.2, 0.25) is 0 Å². The third kappa shape index (κ3) is 3.61. The Morgan fingerprint density at radius 1 is 1.46 bits per heavy atom. The SMILES string of the molecule is COCc1ccc(CCC(C)N)o1. The molecule has 1 heterocycles. The van der Waals surface area contributed by atoms with Crippen LogP contribution in [0.4, 0.5) is 0 Å². The van der Waals surface area contributed by atoms with Crippen LogP contribution >= 0.6 is 0 Å². The van der Waals surface area contributed by atoms with Crippen molar-refractivity contribution in [2.24, 2.45) is 5.73 Å². The highest BCUT2D eigenvalue weighted by Crippen LogP contribution is 2.11. The predicted molar refractivity (Wildman–Crippen MR) is 51.4 cm³/mol. The van der Waals surface area contributed by atoms with E-state index in [1.54, 1.807) is 7.11 Å². The quantitative estimate of drug-likeness (QED) is 0.756. The van der Waals surface area contributed by atoms with Gasteiger partial charge in [0.15, 0.2) is 0 Å². The summed E-state index contributed by atoms with van der Waals surface area (Å²) in [5.41, 5.74) is 5.64. The van der Waals surface area contributed by atoms with Crippen molar-refractivity contribution in [3.63, 3.8) is 0 Å². The highest BCUT2D eigenvalue weighted by atomic mass is 16.5. The van der Waals surface area contributed by atoms with Crippen molar-refractivity contribution in [2.45, 2.75) is 32.4 Å². The molecule has 0 radical (unpaired) electrons. The zero-order valence-corrected chi connectivity index (χ0v) is 8.25. The smallest absolute Gasteiger partial charge is 0.129 e. The summed E-state index contributed by atoms with van der Waals surface area (Å²) in [6.07, 6.45) is 1.86. The van der Waals surface area contributed by atoms with Crippen molar-refractivity contribution in [3.05, 3.63) is 23.7 Å². The summed E-state index contributed by atoms with van der Waals surface area (Å²) in [5.74, 6) is 1.87. The van der Waals surface area contributed by atoms with Crippen LogP contribution in [-0.2, 0) is 17.8 Å². The minimum absolute atomic E-state index is 0.232. The first-order valence-electron chi connectivity index (χ1n) is 4.54. The number of hydrogen-bond acceptors (Lipinski definition) is 3. The van der Waals surface area contributed by atoms with Gasteiger partial charge >= 0.3 is 0 Å². The fourth-order valence-corrected chi connectivity index (χ4v) is 1.15. The van der Waals surface area contributed by atoms with Gasteiger partial charge < -0.3 is 14.9 Å². The summed E-state index contributed by atoms with van der Waals surface area (Å²) in [4.78, 5) is 0. The summed E-state index contributed by atoms with van der Waals surface area (Å²) >= 11 is 0. The summed E-state index contributed by atoms with van der Waals surface area (Å²) in [7, 11) is 1.66. The number of aryl methyl sites for hydroxylation is 1. The van der Waals surface area contributed by atoms with E-state index in [0.717, 1.165) is 24.4 Å². The zero-order valence-electron chi connectivity index (χ0n) is 8.25. The van der Waals surface area contributed by atoms with Crippen LogP contribution in [0.5, 0.6) is 0 Å². The van der Waals surface area contributed by atoms with Crippen molar-refractivity contribution in [1.82, 2.24) is 0 Å². The van der Waals surface area contributed by atoms with E-state index in [4.69, 9.17) is 14.9 Å². The van der Waals surface area contributed by atoms with E-state index < -0.39 is 0 Å². The Bertz CT molecular complexity index is 243. The molecule has 1 aromatic heterocycles. The molecule has 13 heavy (non-hydrogen) atoms. The Morgan fingerprint density at radius 3 is 2.77 bits per heavy atom. The summed E-state index contributed by atoms with van der Waals surface area (Å²) in [6, 6.07) is 4.16. The zero-order chi connectivity index (χ0) is 9.68. The Labute approximate surface area is 78.9 Å². The highest BCUT2D eigenvalue weighted by Gasteiger charge is 2.02. The Hall–Kier alpha value is -0.800. The van der Waals surface area contributed by atoms with Gasteiger partial charge in [-0.1, -0.05) is 0 Å². The number of rotatable bonds is 5. The lowest BCUT2D eigenvalue weighted by Crippen LogP contribution is -2.15. The highest BCUT2D eigenvalue weighted by molar-refractivity contribution is 5.06. The molecule has 1 aromatic rings. The van der Waals surface area contributed by atoms with Gasteiger partial charge in [-0.3, -0.25) is 0 Å². The molecule has 3 nitrogen and oxygen atoms in total. The number of methoxy groups -OCH3 is 1. The second kappa shape index (κ2) is 5.04. The molecule has 0 saturated carbocycles. The first-order chi connectivity index (χ1) is 6.22. The van der Waals surface area contributed by atoms with E-state index in [1.165, 1.54) is 0 Å². The average Bonchev–Trinajstić information content (AvgIpc) is 2.50. The molecule has 1 atom stereocenters. The molecule has 3 heteroatoms. The van der Waals surface area contributed by atoms with Gasteiger partial charge in [-0.25, -0.2) is 0 Å². The van der Waals surface area contributed by atoms with E-state index in [-0.39, 0.29) is 6.04 Å². The molecule has 0 amide bonds. The van der Waals surface area contributed by atoms with E-state index in [9.17, 15) is 0 Å². The van der Waals surface area contributed by atoms with Crippen molar-refractivity contribution in [2.75, 3.05) is 7.11 Å². The molecule has 0 aromatic carbocycles. The van der Waals surface area contributed by atoms with E-state index in [2.05, 4.69) is 0 Å². The molecule has 74 valence electrons. The van der Waals surface area contributed by atoms with Crippen molar-refractivity contribution in [3.8, 4) is 0 Å². The van der Waals surface area contributed by atoms with Gasteiger partial charge in [0.1, 0.15) is 18.1 Å². The van der Waals surface area contributed by atoms with E-state index in [1.807, 2.05) is 19.1 Å². The van der Waals surface area contributed by atoms with Gasteiger partial charge in [-0.2, -0.15) is 0 Å². The van der Waals surface area contributed by atoms with Gasteiger partial charge in [0.2, 0.25) is 0 Å². The normalized spacial score (nSPS) is 13.2. The summed E-state index contributed by atoms with van der Waals surface area (Å²) in [6.45, 7) is 2.54. The molecule has 0 spiro atoms. The second-order valence-electron chi connectivity index (χ2n) is 3.32. The first kappa shape index (κ1) is 10.3. The number of ether oxygens (including phenoxy) is 1. The molecule has 0 aliphatic heterocycles. The largest absolute Gasteiger partial charge is 0.464 e. The lowest BCUT2D eigenvalue weighted by molar-refractivity contribution is 0.162. The van der Waals surface area contributed by atoms with Crippen molar-refractivity contribution >= 4 is 0 Å². The average molecular weight is 183 g/mol. The number of furan rings is 1. The molecular formula is C10H17NO2. The maximum Gasteiger partial charge on any atom is 0.129 e. The summed E-state index contributed by atoms with van der Waals surface area (Å²) in [5, 5.41) is 0. The van der Waals surface area contributed by atoms with Crippen LogP contribution in [0, 0.1) is 0 Å². The van der Waals surface area contributed by atoms with Gasteiger partial charge in [0.25, 0.3) is 0 Å². The third-order valence-corrected chi connectivity index (χ3v) is 1.85. The minimum atomic E-state index is 0.232. The molecule has 0 aliphatic rings. The molecular weight excluding hydrogens is 166 g/mol. The van der Waals surface area contributed by atoms with Crippen LogP contribution in [-0.4, -0.2) is 13.2 Å².